The first-order valence-corrected chi connectivity index (χ1v) is 1.78. The third-order valence-corrected chi connectivity index (χ3v) is 0.377. The molecule has 2 nitrogen and oxygen atoms in total. The first kappa shape index (κ1) is 9.99. The highest BCUT2D eigenvalue weighted by Crippen LogP contribution is 1.63. The van der Waals surface area contributed by atoms with E-state index >= 15 is 0 Å². The van der Waals surface area contributed by atoms with Crippen molar-refractivity contribution in [2.24, 2.45) is 0 Å². The topological polar surface area (TPSA) is 40.5 Å². The fourth-order valence-corrected chi connectivity index (χ4v) is 0.149. The van der Waals surface area contributed by atoms with Gasteiger partial charge >= 0.3 is 0 Å². The van der Waals surface area contributed by atoms with Gasteiger partial charge in [0.15, 0.2) is 0 Å². The second kappa shape index (κ2) is 9.30. The number of hydrogen-bond acceptors (Lipinski definition) is 2. The summed E-state index contributed by atoms with van der Waals surface area (Å²) in [6, 6.07) is 0. The van der Waals surface area contributed by atoms with E-state index in [-0.39, 0.29) is 24.2 Å². The molecule has 3 heteroatoms. The molecule has 0 aliphatic heterocycles. The SMILES string of the molecule is OCC=CCO.[SiH4]. The minimum absolute atomic E-state index is 0. The molecule has 0 saturated carbocycles. The fourth-order valence-electron chi connectivity index (χ4n) is 0.149. The minimum Gasteiger partial charge on any atom is -0.392 e. The molecule has 0 rings (SSSR count). The summed E-state index contributed by atoms with van der Waals surface area (Å²) in [4.78, 5) is 0. The summed E-state index contributed by atoms with van der Waals surface area (Å²) in [6.07, 6.45) is 2.97. The zero-order chi connectivity index (χ0) is 4.83. The zero-order valence-corrected chi connectivity index (χ0v) is 3.46. The monoisotopic (exact) mass is 120 g/mol. The Morgan fingerprint density at radius 1 is 1.00 bits per heavy atom. The highest BCUT2D eigenvalue weighted by molar-refractivity contribution is 5.75. The largest absolute Gasteiger partial charge is 0.392 e. The van der Waals surface area contributed by atoms with E-state index in [4.69, 9.17) is 10.2 Å². The van der Waals surface area contributed by atoms with E-state index < -0.39 is 0 Å². The molecule has 0 spiro atoms. The van der Waals surface area contributed by atoms with Crippen molar-refractivity contribution in [1.29, 1.82) is 0 Å². The quantitative estimate of drug-likeness (QED) is 0.329. The van der Waals surface area contributed by atoms with Crippen LogP contribution in [0.15, 0.2) is 12.2 Å². The normalized spacial score (nSPS) is 8.86. The van der Waals surface area contributed by atoms with Crippen molar-refractivity contribution >= 4 is 11.0 Å². The Morgan fingerprint density at radius 3 is 1.43 bits per heavy atom. The Morgan fingerprint density at radius 2 is 1.29 bits per heavy atom. The van der Waals surface area contributed by atoms with Gasteiger partial charge in [-0.25, -0.2) is 0 Å². The van der Waals surface area contributed by atoms with Crippen LogP contribution in [-0.4, -0.2) is 34.4 Å². The third-order valence-electron chi connectivity index (χ3n) is 0.377. The molecule has 0 heterocycles. The summed E-state index contributed by atoms with van der Waals surface area (Å²) in [6.45, 7) is 0.0289. The van der Waals surface area contributed by atoms with Crippen molar-refractivity contribution in [3.05, 3.63) is 12.2 Å². The molecule has 0 atom stereocenters. The maximum Gasteiger partial charge on any atom is 0.0613 e. The van der Waals surface area contributed by atoms with Gasteiger partial charge in [-0.15, -0.1) is 0 Å². The van der Waals surface area contributed by atoms with Crippen molar-refractivity contribution in [3.8, 4) is 0 Å². The Hall–Kier alpha value is -0.123. The molecule has 0 aromatic heterocycles. The van der Waals surface area contributed by atoms with Gasteiger partial charge in [-0.3, -0.25) is 0 Å². The number of hydrogen-bond donors (Lipinski definition) is 2. The molecule has 0 amide bonds. The van der Waals surface area contributed by atoms with Gasteiger partial charge in [0.25, 0.3) is 0 Å². The first-order chi connectivity index (χ1) is 2.91. The second-order valence-electron chi connectivity index (χ2n) is 0.837. The fraction of sp³-hybridized carbons (Fsp3) is 0.500. The lowest BCUT2D eigenvalue weighted by molar-refractivity contribution is 0.329. The molecule has 0 aliphatic carbocycles. The summed E-state index contributed by atoms with van der Waals surface area (Å²) in [5.74, 6) is 0. The van der Waals surface area contributed by atoms with Crippen molar-refractivity contribution in [2.45, 2.75) is 0 Å². The highest BCUT2D eigenvalue weighted by Gasteiger charge is 1.61. The number of rotatable bonds is 2. The third kappa shape index (κ3) is 10.7. The zero-order valence-electron chi connectivity index (χ0n) is 3.46. The van der Waals surface area contributed by atoms with Crippen LogP contribution in [-0.2, 0) is 0 Å². The van der Waals surface area contributed by atoms with Crippen molar-refractivity contribution in [3.63, 3.8) is 0 Å². The van der Waals surface area contributed by atoms with Crippen LogP contribution in [0.5, 0.6) is 0 Å². The summed E-state index contributed by atoms with van der Waals surface area (Å²) in [5.41, 5.74) is 0. The molecular weight excluding hydrogens is 108 g/mol. The van der Waals surface area contributed by atoms with Crippen molar-refractivity contribution < 1.29 is 10.2 Å². The van der Waals surface area contributed by atoms with Gasteiger partial charge in [-0.2, -0.15) is 0 Å². The molecule has 0 aromatic rings. The van der Waals surface area contributed by atoms with Gasteiger partial charge in [0.05, 0.1) is 13.2 Å². The molecule has 0 bridgehead atoms. The van der Waals surface area contributed by atoms with Gasteiger partial charge in [-0.1, -0.05) is 12.2 Å². The van der Waals surface area contributed by atoms with Crippen LogP contribution in [0.3, 0.4) is 0 Å². The average Bonchev–Trinajstić information content (AvgIpc) is 1.61. The van der Waals surface area contributed by atoms with Gasteiger partial charge < -0.3 is 10.2 Å². The molecule has 2 N–H and O–H groups in total. The first-order valence-electron chi connectivity index (χ1n) is 1.78. The van der Waals surface area contributed by atoms with Gasteiger partial charge in [0, 0.05) is 0 Å². The van der Waals surface area contributed by atoms with Crippen LogP contribution in [0.2, 0.25) is 0 Å². The van der Waals surface area contributed by atoms with Crippen molar-refractivity contribution in [2.75, 3.05) is 13.2 Å². The van der Waals surface area contributed by atoms with E-state index in [0.29, 0.717) is 0 Å². The average molecular weight is 120 g/mol. The van der Waals surface area contributed by atoms with Crippen LogP contribution in [0.1, 0.15) is 0 Å². The minimum atomic E-state index is 0. The molecule has 0 aromatic carbocycles. The van der Waals surface area contributed by atoms with Crippen LogP contribution < -0.4 is 0 Å². The molecule has 0 unspecified atom stereocenters. The highest BCUT2D eigenvalue weighted by atomic mass is 28.1. The lowest BCUT2D eigenvalue weighted by Crippen LogP contribution is -1.74. The molecule has 0 radical (unpaired) electrons. The lowest BCUT2D eigenvalue weighted by atomic mass is 10.5. The predicted octanol–water partition coefficient (Wildman–Crippen LogP) is -1.92. The molecule has 0 saturated heterocycles. The Bertz CT molecular complexity index is 39.0. The van der Waals surface area contributed by atoms with E-state index in [9.17, 15) is 0 Å². The van der Waals surface area contributed by atoms with Crippen LogP contribution in [0, 0.1) is 0 Å². The maximum atomic E-state index is 8.00. The van der Waals surface area contributed by atoms with Crippen LogP contribution in [0.4, 0.5) is 0 Å². The van der Waals surface area contributed by atoms with E-state index in [1.54, 1.807) is 0 Å². The lowest BCUT2D eigenvalue weighted by Gasteiger charge is -1.73. The van der Waals surface area contributed by atoms with E-state index in [1.165, 1.54) is 12.2 Å². The van der Waals surface area contributed by atoms with E-state index in [1.807, 2.05) is 0 Å². The van der Waals surface area contributed by atoms with E-state index in [0.717, 1.165) is 0 Å². The van der Waals surface area contributed by atoms with Crippen molar-refractivity contribution in [1.82, 2.24) is 0 Å². The summed E-state index contributed by atoms with van der Waals surface area (Å²) < 4.78 is 0. The molecule has 7 heavy (non-hydrogen) atoms. The van der Waals surface area contributed by atoms with Gasteiger partial charge in [0.1, 0.15) is 0 Å². The molecule has 44 valence electrons. The summed E-state index contributed by atoms with van der Waals surface area (Å²) in [5, 5.41) is 16.0. The number of aliphatic hydroxyl groups excluding tert-OH is 2. The Kier molecular flexibility index (Phi) is 13.3. The van der Waals surface area contributed by atoms with Gasteiger partial charge in [0.2, 0.25) is 0 Å². The smallest absolute Gasteiger partial charge is 0.0613 e. The number of aliphatic hydroxyl groups is 2. The molecule has 0 aliphatic rings. The predicted molar refractivity (Wildman–Crippen MR) is 34.6 cm³/mol. The van der Waals surface area contributed by atoms with Gasteiger partial charge in [-0.05, 0) is 11.0 Å². The van der Waals surface area contributed by atoms with Crippen LogP contribution in [0.25, 0.3) is 0 Å². The molecule has 0 fully saturated rings. The molecular formula is C4H12O2Si. The maximum absolute atomic E-state index is 8.00. The summed E-state index contributed by atoms with van der Waals surface area (Å²) >= 11 is 0. The standard InChI is InChI=1S/C4H8O2.H4Si/c5-3-1-2-4-6;/h1-2,5-6H,3-4H2;1H4. The van der Waals surface area contributed by atoms with Crippen LogP contribution >= 0.6 is 0 Å². The van der Waals surface area contributed by atoms with E-state index in [2.05, 4.69) is 0 Å². The second-order valence-corrected chi connectivity index (χ2v) is 0.837. The summed E-state index contributed by atoms with van der Waals surface area (Å²) in [7, 11) is 0. The Balaban J connectivity index is 0. The Labute approximate surface area is 47.5 Å².